The first kappa shape index (κ1) is 20.2. The van der Waals surface area contributed by atoms with Crippen molar-refractivity contribution >= 4 is 28.5 Å². The SMILES string of the molecule is COC(=O)C1CC(Oc2c(C3CCC3)nc3ccc(OC)cc3c2C(C)Cl)CN1. The Bertz CT molecular complexity index is 913. The van der Waals surface area contributed by atoms with E-state index in [1.165, 1.54) is 13.5 Å². The second-order valence-electron chi connectivity index (χ2n) is 7.83. The molecule has 2 heterocycles. The third kappa shape index (κ3) is 3.88. The minimum Gasteiger partial charge on any atom is -0.497 e. The van der Waals surface area contributed by atoms with Gasteiger partial charge in [-0.15, -0.1) is 11.6 Å². The Morgan fingerprint density at radius 3 is 2.72 bits per heavy atom. The second kappa shape index (κ2) is 8.36. The topological polar surface area (TPSA) is 69.7 Å². The number of alkyl halides is 1. The lowest BCUT2D eigenvalue weighted by molar-refractivity contribution is -0.142. The van der Waals surface area contributed by atoms with E-state index in [9.17, 15) is 4.79 Å². The molecule has 29 heavy (non-hydrogen) atoms. The summed E-state index contributed by atoms with van der Waals surface area (Å²) in [6.45, 7) is 2.54. The van der Waals surface area contributed by atoms with Crippen molar-refractivity contribution in [1.82, 2.24) is 10.3 Å². The Labute approximate surface area is 175 Å². The number of nitrogens with one attached hydrogen (secondary N) is 1. The van der Waals surface area contributed by atoms with E-state index in [4.69, 9.17) is 30.8 Å². The van der Waals surface area contributed by atoms with Crippen LogP contribution in [0.4, 0.5) is 0 Å². The summed E-state index contributed by atoms with van der Waals surface area (Å²) in [7, 11) is 3.05. The number of carbonyl (C=O) groups is 1. The average molecular weight is 419 g/mol. The highest BCUT2D eigenvalue weighted by Gasteiger charge is 2.35. The summed E-state index contributed by atoms with van der Waals surface area (Å²) in [5.41, 5.74) is 2.83. The summed E-state index contributed by atoms with van der Waals surface area (Å²) < 4.78 is 16.8. The van der Waals surface area contributed by atoms with Crippen LogP contribution in [-0.2, 0) is 9.53 Å². The molecule has 3 unspecified atom stereocenters. The van der Waals surface area contributed by atoms with Crippen LogP contribution in [-0.4, -0.2) is 43.9 Å². The zero-order chi connectivity index (χ0) is 20.5. The number of nitrogens with zero attached hydrogens (tertiary/aromatic N) is 1. The molecule has 7 heteroatoms. The quantitative estimate of drug-likeness (QED) is 0.562. The van der Waals surface area contributed by atoms with E-state index < -0.39 is 0 Å². The fourth-order valence-electron chi connectivity index (χ4n) is 4.15. The normalized spacial score (nSPS) is 22.9. The highest BCUT2D eigenvalue weighted by Crippen LogP contribution is 2.46. The Morgan fingerprint density at radius 2 is 2.10 bits per heavy atom. The number of carbonyl (C=O) groups excluding carboxylic acids is 1. The highest BCUT2D eigenvalue weighted by molar-refractivity contribution is 6.21. The molecule has 6 nitrogen and oxygen atoms in total. The van der Waals surface area contributed by atoms with Crippen molar-refractivity contribution in [3.05, 3.63) is 29.5 Å². The Balaban J connectivity index is 1.77. The number of hydrogen-bond donors (Lipinski definition) is 1. The van der Waals surface area contributed by atoms with Gasteiger partial charge in [0.05, 0.1) is 30.8 Å². The molecule has 1 N–H and O–H groups in total. The van der Waals surface area contributed by atoms with Crippen LogP contribution < -0.4 is 14.8 Å². The van der Waals surface area contributed by atoms with Crippen LogP contribution in [0.3, 0.4) is 0 Å². The van der Waals surface area contributed by atoms with Gasteiger partial charge in [-0.1, -0.05) is 6.42 Å². The molecule has 3 atom stereocenters. The number of hydrogen-bond acceptors (Lipinski definition) is 6. The summed E-state index contributed by atoms with van der Waals surface area (Å²) in [6, 6.07) is 5.53. The lowest BCUT2D eigenvalue weighted by Crippen LogP contribution is -2.31. The van der Waals surface area contributed by atoms with Gasteiger partial charge in [0.15, 0.2) is 0 Å². The first-order valence-corrected chi connectivity index (χ1v) is 10.6. The maximum absolute atomic E-state index is 11.9. The molecule has 156 valence electrons. The summed E-state index contributed by atoms with van der Waals surface area (Å²) in [5, 5.41) is 3.87. The third-order valence-electron chi connectivity index (χ3n) is 5.96. The minimum atomic E-state index is -0.345. The molecule has 2 aromatic rings. The van der Waals surface area contributed by atoms with Crippen LogP contribution in [0.2, 0.25) is 0 Å². The van der Waals surface area contributed by atoms with Gasteiger partial charge in [0.1, 0.15) is 23.6 Å². The molecular formula is C22H27ClN2O4. The smallest absolute Gasteiger partial charge is 0.323 e. The van der Waals surface area contributed by atoms with Crippen LogP contribution in [0.1, 0.15) is 55.2 Å². The summed E-state index contributed by atoms with van der Waals surface area (Å²) in [5.74, 6) is 1.66. The van der Waals surface area contributed by atoms with Gasteiger partial charge in [-0.05, 0) is 38.0 Å². The van der Waals surface area contributed by atoms with Gasteiger partial charge in [-0.3, -0.25) is 4.79 Å². The van der Waals surface area contributed by atoms with Crippen LogP contribution in [0.5, 0.6) is 11.5 Å². The van der Waals surface area contributed by atoms with Gasteiger partial charge < -0.3 is 19.5 Å². The first-order valence-electron chi connectivity index (χ1n) is 10.1. The molecular weight excluding hydrogens is 392 g/mol. The van der Waals surface area contributed by atoms with Gasteiger partial charge in [-0.2, -0.15) is 0 Å². The van der Waals surface area contributed by atoms with Crippen molar-refractivity contribution in [3.8, 4) is 11.5 Å². The molecule has 1 saturated heterocycles. The molecule has 1 aliphatic heterocycles. The number of pyridine rings is 1. The predicted octanol–water partition coefficient (Wildman–Crippen LogP) is 4.09. The first-order chi connectivity index (χ1) is 14.0. The number of esters is 1. The van der Waals surface area contributed by atoms with Crippen molar-refractivity contribution < 1.29 is 19.0 Å². The molecule has 0 radical (unpaired) electrons. The summed E-state index contributed by atoms with van der Waals surface area (Å²) in [4.78, 5) is 16.9. The number of rotatable bonds is 6. The Hall–Kier alpha value is -2.05. The number of benzene rings is 1. The second-order valence-corrected chi connectivity index (χ2v) is 8.48. The molecule has 0 spiro atoms. The molecule has 0 amide bonds. The molecule has 1 aromatic carbocycles. The van der Waals surface area contributed by atoms with Gasteiger partial charge in [0.2, 0.25) is 0 Å². The average Bonchev–Trinajstić information content (AvgIpc) is 3.14. The van der Waals surface area contributed by atoms with Crippen molar-refractivity contribution in [2.24, 2.45) is 0 Å². The van der Waals surface area contributed by atoms with E-state index in [2.05, 4.69) is 5.32 Å². The van der Waals surface area contributed by atoms with Crippen molar-refractivity contribution in [1.29, 1.82) is 0 Å². The van der Waals surface area contributed by atoms with E-state index in [0.717, 1.165) is 46.5 Å². The molecule has 2 fully saturated rings. The zero-order valence-electron chi connectivity index (χ0n) is 17.0. The number of methoxy groups -OCH3 is 2. The van der Waals surface area contributed by atoms with E-state index >= 15 is 0 Å². The van der Waals surface area contributed by atoms with Crippen LogP contribution in [0.25, 0.3) is 10.9 Å². The largest absolute Gasteiger partial charge is 0.497 e. The molecule has 1 aromatic heterocycles. The third-order valence-corrected chi connectivity index (χ3v) is 6.18. The summed E-state index contributed by atoms with van der Waals surface area (Å²) >= 11 is 6.67. The molecule has 2 aliphatic rings. The van der Waals surface area contributed by atoms with Gasteiger partial charge in [0.25, 0.3) is 0 Å². The summed E-state index contributed by atoms with van der Waals surface area (Å²) in [6.07, 6.45) is 3.83. The van der Waals surface area contributed by atoms with Crippen molar-refractivity contribution in [3.63, 3.8) is 0 Å². The lowest BCUT2D eigenvalue weighted by Gasteiger charge is -2.30. The molecule has 0 bridgehead atoms. The van der Waals surface area contributed by atoms with Crippen LogP contribution in [0.15, 0.2) is 18.2 Å². The van der Waals surface area contributed by atoms with Gasteiger partial charge >= 0.3 is 5.97 Å². The Morgan fingerprint density at radius 1 is 1.31 bits per heavy atom. The Kier molecular flexibility index (Phi) is 5.83. The fraction of sp³-hybridized carbons (Fsp3) is 0.545. The lowest BCUT2D eigenvalue weighted by atomic mass is 9.81. The maximum Gasteiger partial charge on any atom is 0.323 e. The van der Waals surface area contributed by atoms with Gasteiger partial charge in [0, 0.05) is 29.8 Å². The number of fused-ring (bicyclic) bond motifs is 1. The van der Waals surface area contributed by atoms with E-state index in [1.54, 1.807) is 7.11 Å². The van der Waals surface area contributed by atoms with Crippen molar-refractivity contribution in [2.75, 3.05) is 20.8 Å². The van der Waals surface area contributed by atoms with E-state index in [1.807, 2.05) is 25.1 Å². The van der Waals surface area contributed by atoms with Crippen LogP contribution >= 0.6 is 11.6 Å². The number of ether oxygens (including phenoxy) is 3. The monoisotopic (exact) mass is 418 g/mol. The maximum atomic E-state index is 11.9. The zero-order valence-corrected chi connectivity index (χ0v) is 17.8. The molecule has 1 saturated carbocycles. The standard InChI is InChI=1S/C22H27ClN2O4/c1-12(23)19-16-9-14(27-2)7-8-17(16)25-20(13-5-4-6-13)21(19)29-15-10-18(24-11-15)22(26)28-3/h7-9,12-13,15,18,24H,4-6,10-11H2,1-3H3. The van der Waals surface area contributed by atoms with Gasteiger partial charge in [-0.25, -0.2) is 4.98 Å². The molecule has 4 rings (SSSR count). The number of halogens is 1. The van der Waals surface area contributed by atoms with E-state index in [0.29, 0.717) is 18.9 Å². The fourth-order valence-corrected chi connectivity index (χ4v) is 4.37. The predicted molar refractivity (Wildman–Crippen MR) is 112 cm³/mol. The minimum absolute atomic E-state index is 0.142. The number of aromatic nitrogens is 1. The van der Waals surface area contributed by atoms with E-state index in [-0.39, 0.29) is 23.5 Å². The highest BCUT2D eigenvalue weighted by atomic mass is 35.5. The van der Waals surface area contributed by atoms with Crippen LogP contribution in [0, 0.1) is 0 Å². The van der Waals surface area contributed by atoms with Crippen molar-refractivity contribution in [2.45, 2.75) is 56.0 Å². The molecule has 1 aliphatic carbocycles.